The summed E-state index contributed by atoms with van der Waals surface area (Å²) in [6.45, 7) is 11.5. The molecule has 3 aromatic rings. The first kappa shape index (κ1) is 23.0. The first-order valence-corrected chi connectivity index (χ1v) is 12.4. The Morgan fingerprint density at radius 1 is 1.12 bits per heavy atom. The van der Waals surface area contributed by atoms with Gasteiger partial charge in [-0.15, -0.1) is 0 Å². The van der Waals surface area contributed by atoms with Crippen molar-refractivity contribution in [3.05, 3.63) is 58.8 Å². The summed E-state index contributed by atoms with van der Waals surface area (Å²) < 4.78 is 13.3. The number of nitrogens with zero attached hydrogens (tertiary/aromatic N) is 1. The SMILES string of the molecule is CC[C@H](O)Cn1c(C(C)(C)C)cc2cc(CC(=O)C3(c4ccc5c(c4)OCO5)CC3)c(C)cc21. The van der Waals surface area contributed by atoms with Crippen LogP contribution in [-0.2, 0) is 28.6 Å². The summed E-state index contributed by atoms with van der Waals surface area (Å²) >= 11 is 0. The van der Waals surface area contributed by atoms with Crippen molar-refractivity contribution in [2.45, 2.75) is 83.8 Å². The highest BCUT2D eigenvalue weighted by atomic mass is 16.7. The second-order valence-electron chi connectivity index (χ2n) is 11.0. The van der Waals surface area contributed by atoms with E-state index in [0.717, 1.165) is 58.4 Å². The van der Waals surface area contributed by atoms with Crippen LogP contribution in [0.25, 0.3) is 10.9 Å². The van der Waals surface area contributed by atoms with Crippen molar-refractivity contribution in [3.8, 4) is 11.5 Å². The Bertz CT molecular complexity index is 1260. The summed E-state index contributed by atoms with van der Waals surface area (Å²) in [5.41, 5.74) is 5.12. The average Bonchev–Trinajstić information content (AvgIpc) is 3.35. The quantitative estimate of drug-likeness (QED) is 0.498. The van der Waals surface area contributed by atoms with E-state index in [9.17, 15) is 9.90 Å². The number of ether oxygens (including phenoxy) is 2. The number of ketones is 1. The van der Waals surface area contributed by atoms with Crippen molar-refractivity contribution in [3.63, 3.8) is 0 Å². The lowest BCUT2D eigenvalue weighted by Gasteiger charge is -2.23. The first-order valence-electron chi connectivity index (χ1n) is 12.4. The van der Waals surface area contributed by atoms with Gasteiger partial charge in [0.2, 0.25) is 6.79 Å². The topological polar surface area (TPSA) is 60.7 Å². The Balaban J connectivity index is 1.47. The van der Waals surface area contributed by atoms with Gasteiger partial charge in [-0.1, -0.05) is 33.8 Å². The Labute approximate surface area is 201 Å². The molecule has 1 atom stereocenters. The molecule has 0 saturated heterocycles. The van der Waals surface area contributed by atoms with Gasteiger partial charge in [0.25, 0.3) is 0 Å². The van der Waals surface area contributed by atoms with Gasteiger partial charge >= 0.3 is 0 Å². The third-order valence-corrected chi connectivity index (χ3v) is 7.55. The van der Waals surface area contributed by atoms with Crippen molar-refractivity contribution in [2.75, 3.05) is 6.79 Å². The smallest absolute Gasteiger partial charge is 0.231 e. The summed E-state index contributed by atoms with van der Waals surface area (Å²) in [6, 6.07) is 12.5. The van der Waals surface area contributed by atoms with Crippen LogP contribution in [0.15, 0.2) is 36.4 Å². The van der Waals surface area contributed by atoms with Crippen LogP contribution in [0.1, 0.15) is 69.3 Å². The second kappa shape index (κ2) is 8.16. The van der Waals surface area contributed by atoms with Crippen LogP contribution in [-0.4, -0.2) is 28.4 Å². The molecule has 2 aliphatic rings. The van der Waals surface area contributed by atoms with Crippen molar-refractivity contribution in [1.82, 2.24) is 4.57 Å². The number of rotatable bonds is 7. The van der Waals surface area contributed by atoms with Gasteiger partial charge in [-0.25, -0.2) is 0 Å². The minimum Gasteiger partial charge on any atom is -0.454 e. The molecular weight excluding hydrogens is 426 g/mol. The fourth-order valence-corrected chi connectivity index (χ4v) is 5.20. The summed E-state index contributed by atoms with van der Waals surface area (Å²) in [5.74, 6) is 1.76. The van der Waals surface area contributed by atoms with E-state index in [0.29, 0.717) is 13.0 Å². The number of carbonyl (C=O) groups excluding carboxylic acids is 1. The second-order valence-corrected chi connectivity index (χ2v) is 11.0. The Morgan fingerprint density at radius 3 is 2.53 bits per heavy atom. The molecule has 1 saturated carbocycles. The van der Waals surface area contributed by atoms with Gasteiger partial charge < -0.3 is 19.1 Å². The van der Waals surface area contributed by atoms with Gasteiger partial charge in [-0.05, 0) is 73.2 Å². The first-order chi connectivity index (χ1) is 16.1. The van der Waals surface area contributed by atoms with Crippen molar-refractivity contribution < 1.29 is 19.4 Å². The minimum absolute atomic E-state index is 0.0478. The number of aryl methyl sites for hydroxylation is 1. The molecule has 0 bridgehead atoms. The average molecular weight is 462 g/mol. The van der Waals surface area contributed by atoms with Crippen molar-refractivity contribution in [1.29, 1.82) is 0 Å². The van der Waals surface area contributed by atoms with Crippen LogP contribution in [0, 0.1) is 6.92 Å². The van der Waals surface area contributed by atoms with Crippen LogP contribution >= 0.6 is 0 Å². The molecule has 0 spiro atoms. The standard InChI is InChI=1S/C29H35NO4/c1-6-22(31)16-30-23-11-18(2)19(12-20(23)13-26(30)28(3,4)5)14-27(32)29(9-10-29)21-7-8-24-25(15-21)34-17-33-24/h7-8,11-13,15,22,31H,6,9-10,14,16-17H2,1-5H3/t22-/m0/s1. The van der Waals surface area contributed by atoms with E-state index in [-0.39, 0.29) is 24.1 Å². The molecule has 180 valence electrons. The molecule has 0 radical (unpaired) electrons. The lowest BCUT2D eigenvalue weighted by atomic mass is 9.86. The zero-order valence-electron chi connectivity index (χ0n) is 20.9. The van der Waals surface area contributed by atoms with Gasteiger partial charge in [0.15, 0.2) is 11.5 Å². The molecule has 5 rings (SSSR count). The van der Waals surface area contributed by atoms with Crippen LogP contribution < -0.4 is 9.47 Å². The Hall–Kier alpha value is -2.79. The lowest BCUT2D eigenvalue weighted by molar-refractivity contribution is -0.120. The zero-order valence-corrected chi connectivity index (χ0v) is 20.9. The monoisotopic (exact) mass is 461 g/mol. The van der Waals surface area contributed by atoms with Crippen LogP contribution in [0.4, 0.5) is 0 Å². The normalized spacial score (nSPS) is 17.2. The number of carbonyl (C=O) groups is 1. The maximum absolute atomic E-state index is 13.6. The van der Waals surface area contributed by atoms with Crippen LogP contribution in [0.5, 0.6) is 11.5 Å². The number of hydrogen-bond acceptors (Lipinski definition) is 4. The number of aliphatic hydroxyl groups is 1. The van der Waals surface area contributed by atoms with Gasteiger partial charge in [0, 0.05) is 35.0 Å². The lowest BCUT2D eigenvalue weighted by Crippen LogP contribution is -2.23. The summed E-state index contributed by atoms with van der Waals surface area (Å²) in [4.78, 5) is 13.6. The third-order valence-electron chi connectivity index (χ3n) is 7.55. The number of aromatic nitrogens is 1. The fourth-order valence-electron chi connectivity index (χ4n) is 5.20. The number of fused-ring (bicyclic) bond motifs is 2. The largest absolute Gasteiger partial charge is 0.454 e. The van der Waals surface area contributed by atoms with Gasteiger partial charge in [-0.2, -0.15) is 0 Å². The van der Waals surface area contributed by atoms with E-state index < -0.39 is 5.41 Å². The summed E-state index contributed by atoms with van der Waals surface area (Å²) in [6.07, 6.45) is 2.52. The molecule has 1 aliphatic heterocycles. The van der Waals surface area contributed by atoms with Gasteiger partial charge in [0.05, 0.1) is 11.5 Å². The van der Waals surface area contributed by atoms with E-state index in [1.807, 2.05) is 25.1 Å². The highest BCUT2D eigenvalue weighted by Gasteiger charge is 2.50. The fraction of sp³-hybridized carbons (Fsp3) is 0.483. The number of Topliss-reactive ketones (excluding diaryl/α,β-unsaturated/α-hetero) is 1. The molecule has 1 aromatic heterocycles. The number of benzene rings is 2. The van der Waals surface area contributed by atoms with E-state index in [1.54, 1.807) is 0 Å². The highest BCUT2D eigenvalue weighted by Crippen LogP contribution is 2.51. The molecule has 2 heterocycles. The van der Waals surface area contributed by atoms with E-state index in [1.165, 1.54) is 5.69 Å². The Morgan fingerprint density at radius 2 is 1.85 bits per heavy atom. The molecule has 0 amide bonds. The number of hydrogen-bond donors (Lipinski definition) is 1. The third kappa shape index (κ3) is 3.90. The maximum Gasteiger partial charge on any atom is 0.231 e. The predicted molar refractivity (Wildman–Crippen MR) is 134 cm³/mol. The molecular formula is C29H35NO4. The summed E-state index contributed by atoms with van der Waals surface area (Å²) in [7, 11) is 0. The highest BCUT2D eigenvalue weighted by molar-refractivity contribution is 5.96. The molecule has 1 fully saturated rings. The summed E-state index contributed by atoms with van der Waals surface area (Å²) in [5, 5.41) is 11.5. The van der Waals surface area contributed by atoms with Crippen LogP contribution in [0.2, 0.25) is 0 Å². The van der Waals surface area contributed by atoms with E-state index in [2.05, 4.69) is 50.5 Å². The predicted octanol–water partition coefficient (Wildman–Crippen LogP) is 5.59. The van der Waals surface area contributed by atoms with E-state index in [4.69, 9.17) is 9.47 Å². The van der Waals surface area contributed by atoms with Crippen molar-refractivity contribution in [2.24, 2.45) is 0 Å². The van der Waals surface area contributed by atoms with E-state index >= 15 is 0 Å². The molecule has 1 N–H and O–H groups in total. The Kier molecular flexibility index (Phi) is 5.51. The van der Waals surface area contributed by atoms with Crippen molar-refractivity contribution >= 4 is 16.7 Å². The number of aliphatic hydroxyl groups excluding tert-OH is 1. The molecule has 0 unspecified atom stereocenters. The van der Waals surface area contributed by atoms with Crippen LogP contribution in [0.3, 0.4) is 0 Å². The molecule has 5 nitrogen and oxygen atoms in total. The maximum atomic E-state index is 13.6. The van der Waals surface area contributed by atoms with Gasteiger partial charge in [-0.3, -0.25) is 4.79 Å². The molecule has 34 heavy (non-hydrogen) atoms. The van der Waals surface area contributed by atoms with Gasteiger partial charge in [0.1, 0.15) is 5.78 Å². The minimum atomic E-state index is -0.407. The molecule has 2 aromatic carbocycles. The molecule has 1 aliphatic carbocycles. The molecule has 5 heteroatoms. The zero-order chi connectivity index (χ0) is 24.3.